The van der Waals surface area contributed by atoms with Crippen molar-refractivity contribution in [3.8, 4) is 0 Å². The number of nitrogens with zero attached hydrogens (tertiary/aromatic N) is 2. The van der Waals surface area contributed by atoms with Gasteiger partial charge in [0.25, 0.3) is 5.91 Å². The van der Waals surface area contributed by atoms with Gasteiger partial charge in [-0.25, -0.2) is 9.37 Å². The molecule has 0 aliphatic carbocycles. The molecule has 1 aromatic heterocycles. The van der Waals surface area contributed by atoms with Gasteiger partial charge in [0.1, 0.15) is 11.6 Å². The number of carbonyl (C=O) groups is 1. The van der Waals surface area contributed by atoms with Crippen molar-refractivity contribution in [2.45, 2.75) is 26.3 Å². The van der Waals surface area contributed by atoms with Crippen molar-refractivity contribution >= 4 is 22.6 Å². The molecule has 1 N–H and O–H groups in total. The van der Waals surface area contributed by atoms with Crippen LogP contribution in [0.3, 0.4) is 0 Å². The standard InChI is InChI=1S/C23H24FN3O/c1-16-7-6-12-27(15-16)22-13-19(18-9-3-5-11-21(18)26-22)23(28)25-14-17-8-2-4-10-20(17)24/h2-5,8-11,13,16H,6-7,12,14-15H2,1H3,(H,25,28). The van der Waals surface area contributed by atoms with E-state index in [1.165, 1.54) is 12.5 Å². The zero-order valence-corrected chi connectivity index (χ0v) is 16.0. The fourth-order valence-corrected chi connectivity index (χ4v) is 3.82. The van der Waals surface area contributed by atoms with E-state index in [0.717, 1.165) is 36.2 Å². The van der Waals surface area contributed by atoms with Crippen molar-refractivity contribution in [2.24, 2.45) is 5.92 Å². The number of anilines is 1. The van der Waals surface area contributed by atoms with Gasteiger partial charge in [0.2, 0.25) is 0 Å². The smallest absolute Gasteiger partial charge is 0.252 e. The van der Waals surface area contributed by atoms with E-state index in [2.05, 4.69) is 17.1 Å². The third-order valence-electron chi connectivity index (χ3n) is 5.33. The Labute approximate surface area is 164 Å². The number of hydrogen-bond donors (Lipinski definition) is 1. The maximum atomic E-state index is 13.9. The molecule has 2 aromatic carbocycles. The van der Waals surface area contributed by atoms with Crippen molar-refractivity contribution in [1.82, 2.24) is 10.3 Å². The molecule has 4 nitrogen and oxygen atoms in total. The van der Waals surface area contributed by atoms with Crippen LogP contribution >= 0.6 is 0 Å². The first-order valence-corrected chi connectivity index (χ1v) is 9.78. The Kier molecular flexibility index (Phi) is 5.24. The average molecular weight is 377 g/mol. The lowest BCUT2D eigenvalue weighted by molar-refractivity contribution is 0.0952. The van der Waals surface area contributed by atoms with Crippen LogP contribution in [0.1, 0.15) is 35.7 Å². The highest BCUT2D eigenvalue weighted by Crippen LogP contribution is 2.26. The summed E-state index contributed by atoms with van der Waals surface area (Å²) in [5.74, 6) is 0.917. The molecule has 0 saturated carbocycles. The van der Waals surface area contributed by atoms with Gasteiger partial charge in [0, 0.05) is 30.6 Å². The Hall–Kier alpha value is -2.95. The quantitative estimate of drug-likeness (QED) is 0.726. The molecule has 1 aliphatic heterocycles. The second-order valence-electron chi connectivity index (χ2n) is 7.51. The van der Waals surface area contributed by atoms with Crippen LogP contribution in [0.5, 0.6) is 0 Å². The molecule has 1 saturated heterocycles. The average Bonchev–Trinajstić information content (AvgIpc) is 2.72. The van der Waals surface area contributed by atoms with Gasteiger partial charge in [-0.2, -0.15) is 0 Å². The number of halogens is 1. The van der Waals surface area contributed by atoms with Crippen molar-refractivity contribution in [3.63, 3.8) is 0 Å². The lowest BCUT2D eigenvalue weighted by atomic mass is 10.00. The molecule has 28 heavy (non-hydrogen) atoms. The van der Waals surface area contributed by atoms with Gasteiger partial charge in [0.15, 0.2) is 0 Å². The minimum atomic E-state index is -0.314. The number of hydrogen-bond acceptors (Lipinski definition) is 3. The molecular formula is C23H24FN3O. The van der Waals surface area contributed by atoms with E-state index in [0.29, 0.717) is 17.0 Å². The van der Waals surface area contributed by atoms with Gasteiger partial charge in [0.05, 0.1) is 11.1 Å². The van der Waals surface area contributed by atoms with Gasteiger partial charge < -0.3 is 10.2 Å². The van der Waals surface area contributed by atoms with E-state index >= 15 is 0 Å². The van der Waals surface area contributed by atoms with Crippen LogP contribution in [-0.2, 0) is 6.54 Å². The molecule has 1 fully saturated rings. The number of aromatic nitrogens is 1. The lowest BCUT2D eigenvalue weighted by Crippen LogP contribution is -2.35. The van der Waals surface area contributed by atoms with Crippen molar-refractivity contribution < 1.29 is 9.18 Å². The number of rotatable bonds is 4. The number of para-hydroxylation sites is 1. The lowest BCUT2D eigenvalue weighted by Gasteiger charge is -2.32. The topological polar surface area (TPSA) is 45.2 Å². The number of nitrogens with one attached hydrogen (secondary N) is 1. The highest BCUT2D eigenvalue weighted by molar-refractivity contribution is 6.07. The predicted octanol–water partition coefficient (Wildman–Crippen LogP) is 4.54. The molecule has 1 amide bonds. The zero-order chi connectivity index (χ0) is 19.5. The summed E-state index contributed by atoms with van der Waals surface area (Å²) in [4.78, 5) is 20.0. The molecule has 5 heteroatoms. The van der Waals surface area contributed by atoms with Crippen LogP contribution in [0.25, 0.3) is 10.9 Å². The molecule has 0 radical (unpaired) electrons. The summed E-state index contributed by atoms with van der Waals surface area (Å²) < 4.78 is 13.9. The Morgan fingerprint density at radius 1 is 1.21 bits per heavy atom. The molecule has 1 aliphatic rings. The largest absolute Gasteiger partial charge is 0.356 e. The zero-order valence-electron chi connectivity index (χ0n) is 16.0. The molecule has 144 valence electrons. The molecule has 0 bridgehead atoms. The van der Waals surface area contributed by atoms with Gasteiger partial charge in [-0.1, -0.05) is 43.3 Å². The van der Waals surface area contributed by atoms with Crippen molar-refractivity contribution in [2.75, 3.05) is 18.0 Å². The Morgan fingerprint density at radius 2 is 2.00 bits per heavy atom. The Morgan fingerprint density at radius 3 is 2.82 bits per heavy atom. The van der Waals surface area contributed by atoms with Crippen LogP contribution in [-0.4, -0.2) is 24.0 Å². The summed E-state index contributed by atoms with van der Waals surface area (Å²) in [5, 5.41) is 3.67. The monoisotopic (exact) mass is 377 g/mol. The molecule has 1 atom stereocenters. The van der Waals surface area contributed by atoms with Crippen LogP contribution < -0.4 is 10.2 Å². The third-order valence-corrected chi connectivity index (χ3v) is 5.33. The predicted molar refractivity (Wildman–Crippen MR) is 110 cm³/mol. The summed E-state index contributed by atoms with van der Waals surface area (Å²) in [6, 6.07) is 16.0. The van der Waals surface area contributed by atoms with E-state index in [4.69, 9.17) is 4.98 Å². The SMILES string of the molecule is CC1CCCN(c2cc(C(=O)NCc3ccccc3F)c3ccccc3n2)C1. The fraction of sp³-hybridized carbons (Fsp3) is 0.304. The first kappa shape index (κ1) is 18.4. The number of amides is 1. The Balaban J connectivity index is 1.64. The number of benzene rings is 2. The molecule has 2 heterocycles. The van der Waals surface area contributed by atoms with Crippen LogP contribution in [0.15, 0.2) is 54.6 Å². The van der Waals surface area contributed by atoms with E-state index < -0.39 is 0 Å². The Bertz CT molecular complexity index is 1000. The molecule has 1 unspecified atom stereocenters. The van der Waals surface area contributed by atoms with E-state index in [-0.39, 0.29) is 18.3 Å². The van der Waals surface area contributed by atoms with Crippen molar-refractivity contribution in [1.29, 1.82) is 0 Å². The van der Waals surface area contributed by atoms with Crippen LogP contribution in [0.2, 0.25) is 0 Å². The molecular weight excluding hydrogens is 353 g/mol. The second-order valence-corrected chi connectivity index (χ2v) is 7.51. The molecule has 4 rings (SSSR count). The summed E-state index contributed by atoms with van der Waals surface area (Å²) in [6.45, 7) is 4.29. The molecule has 0 spiro atoms. The number of carbonyl (C=O) groups excluding carboxylic acids is 1. The maximum Gasteiger partial charge on any atom is 0.252 e. The summed E-state index contributed by atoms with van der Waals surface area (Å²) in [6.07, 6.45) is 2.35. The summed E-state index contributed by atoms with van der Waals surface area (Å²) in [5.41, 5.74) is 1.85. The third kappa shape index (κ3) is 3.84. The van der Waals surface area contributed by atoms with E-state index in [1.807, 2.05) is 30.3 Å². The summed E-state index contributed by atoms with van der Waals surface area (Å²) >= 11 is 0. The van der Waals surface area contributed by atoms with Gasteiger partial charge in [-0.15, -0.1) is 0 Å². The first-order chi connectivity index (χ1) is 13.6. The minimum absolute atomic E-state index is 0.151. The van der Waals surface area contributed by atoms with Gasteiger partial charge in [-0.05, 0) is 37.0 Å². The minimum Gasteiger partial charge on any atom is -0.356 e. The number of fused-ring (bicyclic) bond motifs is 1. The van der Waals surface area contributed by atoms with Crippen LogP contribution in [0.4, 0.5) is 10.2 Å². The summed E-state index contributed by atoms with van der Waals surface area (Å²) in [7, 11) is 0. The van der Waals surface area contributed by atoms with Crippen molar-refractivity contribution in [3.05, 3.63) is 71.5 Å². The van der Waals surface area contributed by atoms with Gasteiger partial charge >= 0.3 is 0 Å². The van der Waals surface area contributed by atoms with E-state index in [1.54, 1.807) is 18.2 Å². The first-order valence-electron chi connectivity index (χ1n) is 9.78. The van der Waals surface area contributed by atoms with E-state index in [9.17, 15) is 9.18 Å². The number of piperidine rings is 1. The highest BCUT2D eigenvalue weighted by Gasteiger charge is 2.20. The van der Waals surface area contributed by atoms with Gasteiger partial charge in [-0.3, -0.25) is 4.79 Å². The fourth-order valence-electron chi connectivity index (χ4n) is 3.82. The number of pyridine rings is 1. The highest BCUT2D eigenvalue weighted by atomic mass is 19.1. The van der Waals surface area contributed by atoms with Crippen LogP contribution in [0, 0.1) is 11.7 Å². The molecule has 3 aromatic rings. The normalized spacial score (nSPS) is 16.9. The maximum absolute atomic E-state index is 13.9. The second kappa shape index (κ2) is 7.97.